The molecule has 0 aliphatic carbocycles. The van der Waals surface area contributed by atoms with Crippen LogP contribution in [0.2, 0.25) is 0 Å². The molecule has 0 aromatic heterocycles. The van der Waals surface area contributed by atoms with Crippen molar-refractivity contribution in [3.8, 4) is 0 Å². The number of anilines is 1. The van der Waals surface area contributed by atoms with E-state index in [1.807, 2.05) is 0 Å². The SMILES string of the molecule is Nc1c(N=O)cccc1C(=O)O. The maximum atomic E-state index is 10.5. The number of carbonyl (C=O) groups is 1. The summed E-state index contributed by atoms with van der Waals surface area (Å²) in [6.07, 6.45) is 0. The summed E-state index contributed by atoms with van der Waals surface area (Å²) in [6, 6.07) is 4.08. The van der Waals surface area contributed by atoms with Gasteiger partial charge in [0.25, 0.3) is 0 Å². The molecule has 0 saturated carbocycles. The molecule has 5 heteroatoms. The van der Waals surface area contributed by atoms with Crippen LogP contribution in [-0.4, -0.2) is 11.1 Å². The lowest BCUT2D eigenvalue weighted by atomic mass is 10.1. The Balaban J connectivity index is 3.32. The summed E-state index contributed by atoms with van der Waals surface area (Å²) in [5, 5.41) is 11.1. The zero-order valence-electron chi connectivity index (χ0n) is 6.02. The molecule has 0 radical (unpaired) electrons. The van der Waals surface area contributed by atoms with Crippen molar-refractivity contribution in [3.63, 3.8) is 0 Å². The molecule has 62 valence electrons. The van der Waals surface area contributed by atoms with E-state index in [1.54, 1.807) is 0 Å². The lowest BCUT2D eigenvalue weighted by Gasteiger charge is -2.00. The van der Waals surface area contributed by atoms with E-state index >= 15 is 0 Å². The summed E-state index contributed by atoms with van der Waals surface area (Å²) in [5.41, 5.74) is 5.07. The highest BCUT2D eigenvalue weighted by Gasteiger charge is 2.10. The Labute approximate surface area is 67.8 Å². The first-order valence-corrected chi connectivity index (χ1v) is 3.12. The van der Waals surface area contributed by atoms with Gasteiger partial charge in [-0.2, -0.15) is 0 Å². The number of nitroso groups, excluding NO2 is 1. The topological polar surface area (TPSA) is 92.8 Å². The summed E-state index contributed by atoms with van der Waals surface area (Å²) in [5.74, 6) is -1.17. The first kappa shape index (κ1) is 8.19. The highest BCUT2D eigenvalue weighted by atomic mass is 16.4. The average molecular weight is 166 g/mol. The van der Waals surface area contributed by atoms with Crippen molar-refractivity contribution in [2.24, 2.45) is 5.18 Å². The number of para-hydroxylation sites is 1. The molecule has 0 amide bonds. The minimum Gasteiger partial charge on any atom is -0.478 e. The molecule has 1 rings (SSSR count). The van der Waals surface area contributed by atoms with E-state index in [2.05, 4.69) is 5.18 Å². The van der Waals surface area contributed by atoms with E-state index in [-0.39, 0.29) is 16.9 Å². The number of hydrogen-bond donors (Lipinski definition) is 2. The standard InChI is InChI=1S/C7H6N2O3/c8-6-4(7(10)11)2-1-3-5(6)9-12/h1-3H,8H2,(H,10,11). The Bertz CT molecular complexity index is 335. The summed E-state index contributed by atoms with van der Waals surface area (Å²) in [6.45, 7) is 0. The first-order chi connectivity index (χ1) is 5.66. The fourth-order valence-electron chi connectivity index (χ4n) is 0.819. The van der Waals surface area contributed by atoms with Gasteiger partial charge in [0.2, 0.25) is 0 Å². The van der Waals surface area contributed by atoms with Gasteiger partial charge in [-0.3, -0.25) is 0 Å². The van der Waals surface area contributed by atoms with Crippen molar-refractivity contribution in [1.82, 2.24) is 0 Å². The number of nitrogen functional groups attached to an aromatic ring is 1. The summed E-state index contributed by atoms with van der Waals surface area (Å²) in [7, 11) is 0. The van der Waals surface area contributed by atoms with E-state index in [9.17, 15) is 9.70 Å². The zero-order valence-corrected chi connectivity index (χ0v) is 6.02. The molecule has 0 fully saturated rings. The third kappa shape index (κ3) is 1.24. The number of aromatic carboxylic acids is 1. The Morgan fingerprint density at radius 3 is 2.67 bits per heavy atom. The number of benzene rings is 1. The van der Waals surface area contributed by atoms with Crippen molar-refractivity contribution in [1.29, 1.82) is 0 Å². The second-order valence-corrected chi connectivity index (χ2v) is 2.13. The molecule has 0 heterocycles. The molecule has 0 saturated heterocycles. The monoisotopic (exact) mass is 166 g/mol. The third-order valence-electron chi connectivity index (χ3n) is 1.41. The van der Waals surface area contributed by atoms with E-state index in [4.69, 9.17) is 10.8 Å². The highest BCUT2D eigenvalue weighted by molar-refractivity contribution is 5.96. The molecule has 0 aliphatic rings. The van der Waals surface area contributed by atoms with Gasteiger partial charge < -0.3 is 10.8 Å². The number of carboxylic acids is 1. The van der Waals surface area contributed by atoms with E-state index in [1.165, 1.54) is 18.2 Å². The molecule has 0 unspecified atom stereocenters. The molecule has 0 spiro atoms. The Morgan fingerprint density at radius 1 is 1.50 bits per heavy atom. The van der Waals surface area contributed by atoms with Crippen LogP contribution in [0.1, 0.15) is 10.4 Å². The molecule has 0 atom stereocenters. The second kappa shape index (κ2) is 3.00. The summed E-state index contributed by atoms with van der Waals surface area (Å²) in [4.78, 5) is 20.5. The van der Waals surface area contributed by atoms with Gasteiger partial charge in [0.05, 0.1) is 11.3 Å². The Kier molecular flexibility index (Phi) is 2.05. The van der Waals surface area contributed by atoms with Crippen LogP contribution >= 0.6 is 0 Å². The van der Waals surface area contributed by atoms with Crippen LogP contribution in [0.25, 0.3) is 0 Å². The normalized spacial score (nSPS) is 9.33. The minimum absolute atomic E-state index is 0.0464. The third-order valence-corrected chi connectivity index (χ3v) is 1.41. The van der Waals surface area contributed by atoms with Crippen molar-refractivity contribution in [3.05, 3.63) is 28.7 Å². The zero-order chi connectivity index (χ0) is 9.14. The molecular formula is C7H6N2O3. The van der Waals surface area contributed by atoms with Gasteiger partial charge in [0, 0.05) is 0 Å². The average Bonchev–Trinajstić information content (AvgIpc) is 2.04. The molecule has 12 heavy (non-hydrogen) atoms. The number of nitrogens with zero attached hydrogens (tertiary/aromatic N) is 1. The Hall–Kier alpha value is -1.91. The number of hydrogen-bond acceptors (Lipinski definition) is 4. The van der Waals surface area contributed by atoms with Crippen molar-refractivity contribution >= 4 is 17.3 Å². The van der Waals surface area contributed by atoms with Crippen LogP contribution in [0.15, 0.2) is 23.4 Å². The quantitative estimate of drug-likeness (QED) is 0.512. The molecule has 3 N–H and O–H groups in total. The predicted octanol–water partition coefficient (Wildman–Crippen LogP) is 1.36. The molecule has 5 nitrogen and oxygen atoms in total. The van der Waals surface area contributed by atoms with Crippen molar-refractivity contribution in [2.75, 3.05) is 5.73 Å². The van der Waals surface area contributed by atoms with Gasteiger partial charge in [-0.05, 0) is 17.3 Å². The van der Waals surface area contributed by atoms with Crippen LogP contribution in [0.5, 0.6) is 0 Å². The van der Waals surface area contributed by atoms with Gasteiger partial charge in [-0.25, -0.2) is 4.79 Å². The fraction of sp³-hybridized carbons (Fsp3) is 0. The number of carboxylic acid groups (broad SMARTS) is 1. The number of rotatable bonds is 2. The van der Waals surface area contributed by atoms with Crippen LogP contribution in [0.3, 0.4) is 0 Å². The van der Waals surface area contributed by atoms with Crippen molar-refractivity contribution < 1.29 is 9.90 Å². The van der Waals surface area contributed by atoms with Gasteiger partial charge in [0.15, 0.2) is 0 Å². The van der Waals surface area contributed by atoms with Crippen LogP contribution in [-0.2, 0) is 0 Å². The lowest BCUT2D eigenvalue weighted by Crippen LogP contribution is -2.01. The van der Waals surface area contributed by atoms with Crippen LogP contribution in [0.4, 0.5) is 11.4 Å². The van der Waals surface area contributed by atoms with Gasteiger partial charge in [-0.1, -0.05) is 6.07 Å². The minimum atomic E-state index is -1.17. The molecule has 1 aromatic rings. The van der Waals surface area contributed by atoms with E-state index < -0.39 is 5.97 Å². The van der Waals surface area contributed by atoms with Gasteiger partial charge >= 0.3 is 5.97 Å². The molecule has 0 aliphatic heterocycles. The first-order valence-electron chi connectivity index (χ1n) is 3.12. The van der Waals surface area contributed by atoms with Crippen LogP contribution in [0, 0.1) is 4.91 Å². The fourth-order valence-corrected chi connectivity index (χ4v) is 0.819. The highest BCUT2D eigenvalue weighted by Crippen LogP contribution is 2.24. The van der Waals surface area contributed by atoms with E-state index in [0.717, 1.165) is 0 Å². The van der Waals surface area contributed by atoms with Gasteiger partial charge in [0.1, 0.15) is 5.69 Å². The molecular weight excluding hydrogens is 160 g/mol. The van der Waals surface area contributed by atoms with Crippen molar-refractivity contribution in [2.45, 2.75) is 0 Å². The molecule has 0 bridgehead atoms. The molecule has 1 aromatic carbocycles. The largest absolute Gasteiger partial charge is 0.478 e. The van der Waals surface area contributed by atoms with Crippen LogP contribution < -0.4 is 5.73 Å². The summed E-state index contributed by atoms with van der Waals surface area (Å²) >= 11 is 0. The Morgan fingerprint density at radius 2 is 2.17 bits per heavy atom. The van der Waals surface area contributed by atoms with E-state index in [0.29, 0.717) is 0 Å². The number of nitrogens with two attached hydrogens (primary N) is 1. The second-order valence-electron chi connectivity index (χ2n) is 2.13. The predicted molar refractivity (Wildman–Crippen MR) is 43.3 cm³/mol. The maximum absolute atomic E-state index is 10.5. The smallest absolute Gasteiger partial charge is 0.337 e. The van der Waals surface area contributed by atoms with Gasteiger partial charge in [-0.15, -0.1) is 4.91 Å². The maximum Gasteiger partial charge on any atom is 0.337 e. The summed E-state index contributed by atoms with van der Waals surface area (Å²) < 4.78 is 0. The lowest BCUT2D eigenvalue weighted by molar-refractivity contribution is 0.0698.